The van der Waals surface area contributed by atoms with Crippen molar-refractivity contribution in [2.24, 2.45) is 11.8 Å². The molecule has 7 heteroatoms. The van der Waals surface area contributed by atoms with Crippen LogP contribution in [0.5, 0.6) is 0 Å². The Morgan fingerprint density at radius 1 is 1.35 bits per heavy atom. The lowest BCUT2D eigenvalue weighted by molar-refractivity contribution is 0.0774. The van der Waals surface area contributed by atoms with Gasteiger partial charge in [0.1, 0.15) is 10.6 Å². The van der Waals surface area contributed by atoms with Crippen molar-refractivity contribution in [3.63, 3.8) is 0 Å². The van der Waals surface area contributed by atoms with Gasteiger partial charge in [0, 0.05) is 36.5 Å². The second kappa shape index (κ2) is 5.41. The van der Waals surface area contributed by atoms with Gasteiger partial charge in [-0.1, -0.05) is 13.8 Å². The van der Waals surface area contributed by atoms with Gasteiger partial charge < -0.3 is 9.47 Å². The van der Waals surface area contributed by atoms with Gasteiger partial charge in [0.15, 0.2) is 0 Å². The predicted molar refractivity (Wildman–Crippen MR) is 77.4 cm³/mol. The van der Waals surface area contributed by atoms with Gasteiger partial charge in [0.25, 0.3) is 15.0 Å². The third-order valence-electron chi connectivity index (χ3n) is 3.99. The van der Waals surface area contributed by atoms with E-state index in [1.807, 2.05) is 6.92 Å². The fourth-order valence-corrected chi connectivity index (χ4v) is 3.27. The zero-order valence-corrected chi connectivity index (χ0v) is 13.4. The van der Waals surface area contributed by atoms with Crippen LogP contribution in [0.25, 0.3) is 0 Å². The minimum absolute atomic E-state index is 0.0235. The minimum Gasteiger partial charge on any atom is -0.342 e. The van der Waals surface area contributed by atoms with Crippen molar-refractivity contribution in [3.05, 3.63) is 18.0 Å². The fraction of sp³-hybridized carbons (Fsp3) is 0.615. The molecule has 1 saturated heterocycles. The molecule has 0 aromatic carbocycles. The molecule has 0 bridgehead atoms. The second-order valence-electron chi connectivity index (χ2n) is 5.45. The third-order valence-corrected chi connectivity index (χ3v) is 5.31. The molecule has 5 nitrogen and oxygen atoms in total. The molecule has 1 aliphatic heterocycles. The number of aromatic nitrogens is 1. The highest BCUT2D eigenvalue weighted by molar-refractivity contribution is 8.13. The van der Waals surface area contributed by atoms with Crippen molar-refractivity contribution in [2.75, 3.05) is 13.1 Å². The Balaban J connectivity index is 2.33. The molecule has 0 N–H and O–H groups in total. The van der Waals surface area contributed by atoms with E-state index in [9.17, 15) is 13.2 Å². The number of rotatable bonds is 3. The van der Waals surface area contributed by atoms with Crippen LogP contribution in [0.3, 0.4) is 0 Å². The number of carbonyl (C=O) groups is 1. The second-order valence-corrected chi connectivity index (χ2v) is 8.02. The van der Waals surface area contributed by atoms with Gasteiger partial charge in [0.05, 0.1) is 0 Å². The van der Waals surface area contributed by atoms with Crippen molar-refractivity contribution in [1.82, 2.24) is 9.47 Å². The van der Waals surface area contributed by atoms with E-state index in [4.69, 9.17) is 10.7 Å². The number of likely N-dealkylation sites (tertiary alicyclic amines) is 1. The number of carbonyl (C=O) groups excluding carboxylic acids is 1. The maximum Gasteiger partial charge on any atom is 0.270 e. The molecule has 1 fully saturated rings. The molecule has 0 spiro atoms. The molecule has 2 atom stereocenters. The Hall–Kier alpha value is -1.01. The number of hydrogen-bond acceptors (Lipinski definition) is 3. The summed E-state index contributed by atoms with van der Waals surface area (Å²) in [4.78, 5) is 14.3. The first-order valence-electron chi connectivity index (χ1n) is 6.68. The van der Waals surface area contributed by atoms with Crippen molar-refractivity contribution < 1.29 is 13.2 Å². The van der Waals surface area contributed by atoms with Crippen molar-refractivity contribution in [1.29, 1.82) is 0 Å². The average molecular weight is 319 g/mol. The van der Waals surface area contributed by atoms with Gasteiger partial charge >= 0.3 is 0 Å². The van der Waals surface area contributed by atoms with E-state index in [2.05, 4.69) is 13.8 Å². The van der Waals surface area contributed by atoms with E-state index in [1.54, 1.807) is 9.47 Å². The van der Waals surface area contributed by atoms with E-state index in [0.29, 0.717) is 37.2 Å². The number of hydrogen-bond donors (Lipinski definition) is 0. The molecule has 0 saturated carbocycles. The summed E-state index contributed by atoms with van der Waals surface area (Å²) in [5.74, 6) is 0.787. The largest absolute Gasteiger partial charge is 0.342 e. The Morgan fingerprint density at radius 2 is 1.90 bits per heavy atom. The number of aryl methyl sites for hydroxylation is 1. The topological polar surface area (TPSA) is 59.4 Å². The van der Waals surface area contributed by atoms with Gasteiger partial charge in [-0.05, 0) is 24.8 Å². The van der Waals surface area contributed by atoms with Crippen LogP contribution >= 0.6 is 10.7 Å². The Kier molecular flexibility index (Phi) is 4.16. The van der Waals surface area contributed by atoms with Gasteiger partial charge in [-0.25, -0.2) is 8.42 Å². The molecule has 1 amide bonds. The van der Waals surface area contributed by atoms with Crippen LogP contribution < -0.4 is 0 Å². The molecule has 0 radical (unpaired) electrons. The Morgan fingerprint density at radius 3 is 2.35 bits per heavy atom. The molecule has 2 heterocycles. The SMILES string of the molecule is CCn1cc(S(=O)(=O)Cl)cc1C(=O)N1CC(C)C(C)C1. The van der Waals surface area contributed by atoms with Gasteiger partial charge in [-0.15, -0.1) is 0 Å². The third kappa shape index (κ3) is 2.86. The first-order valence-corrected chi connectivity index (χ1v) is 8.99. The highest BCUT2D eigenvalue weighted by atomic mass is 35.7. The van der Waals surface area contributed by atoms with E-state index < -0.39 is 9.05 Å². The molecule has 20 heavy (non-hydrogen) atoms. The monoisotopic (exact) mass is 318 g/mol. The minimum atomic E-state index is -3.81. The molecular formula is C13H19ClN2O3S. The maximum atomic E-state index is 12.5. The summed E-state index contributed by atoms with van der Waals surface area (Å²) in [5, 5.41) is 0. The number of nitrogens with zero attached hydrogens (tertiary/aromatic N) is 2. The van der Waals surface area contributed by atoms with E-state index in [1.165, 1.54) is 12.3 Å². The number of amides is 1. The highest BCUT2D eigenvalue weighted by Gasteiger charge is 2.31. The molecule has 1 aromatic rings. The summed E-state index contributed by atoms with van der Waals surface area (Å²) >= 11 is 0. The highest BCUT2D eigenvalue weighted by Crippen LogP contribution is 2.25. The van der Waals surface area contributed by atoms with Crippen LogP contribution in [0.4, 0.5) is 0 Å². The molecule has 1 aliphatic rings. The standard InChI is InChI=1S/C13H19ClN2O3S/c1-4-15-8-11(20(14,18)19)5-12(15)13(17)16-6-9(2)10(3)7-16/h5,8-10H,4,6-7H2,1-3H3. The molecule has 112 valence electrons. The van der Waals surface area contributed by atoms with Crippen LogP contribution in [0.2, 0.25) is 0 Å². The summed E-state index contributed by atoms with van der Waals surface area (Å²) in [7, 11) is 1.53. The van der Waals surface area contributed by atoms with Crippen molar-refractivity contribution in [3.8, 4) is 0 Å². The van der Waals surface area contributed by atoms with E-state index in [0.717, 1.165) is 0 Å². The van der Waals surface area contributed by atoms with E-state index in [-0.39, 0.29) is 10.8 Å². The summed E-state index contributed by atoms with van der Waals surface area (Å²) in [6, 6.07) is 1.36. The van der Waals surface area contributed by atoms with Gasteiger partial charge in [-0.2, -0.15) is 0 Å². The molecule has 0 aliphatic carbocycles. The first kappa shape index (κ1) is 15.4. The molecule has 2 rings (SSSR count). The lowest BCUT2D eigenvalue weighted by Crippen LogP contribution is -2.30. The van der Waals surface area contributed by atoms with Gasteiger partial charge in [-0.3, -0.25) is 4.79 Å². The van der Waals surface area contributed by atoms with Crippen molar-refractivity contribution in [2.45, 2.75) is 32.2 Å². The molecular weight excluding hydrogens is 300 g/mol. The van der Waals surface area contributed by atoms with Gasteiger partial charge in [0.2, 0.25) is 0 Å². The van der Waals surface area contributed by atoms with Crippen LogP contribution in [0.1, 0.15) is 31.3 Å². The normalized spacial score (nSPS) is 23.3. The smallest absolute Gasteiger partial charge is 0.270 e. The zero-order valence-electron chi connectivity index (χ0n) is 11.8. The molecule has 1 aromatic heterocycles. The summed E-state index contributed by atoms with van der Waals surface area (Å²) in [5.41, 5.74) is 0.382. The molecule has 2 unspecified atom stereocenters. The van der Waals surface area contributed by atoms with E-state index >= 15 is 0 Å². The summed E-state index contributed by atoms with van der Waals surface area (Å²) in [6.07, 6.45) is 1.42. The maximum absolute atomic E-state index is 12.5. The van der Waals surface area contributed by atoms with Crippen LogP contribution in [0.15, 0.2) is 17.2 Å². The first-order chi connectivity index (χ1) is 9.24. The quantitative estimate of drug-likeness (QED) is 0.802. The predicted octanol–water partition coefficient (Wildman–Crippen LogP) is 2.16. The van der Waals surface area contributed by atoms with Crippen LogP contribution in [0, 0.1) is 11.8 Å². The van der Waals surface area contributed by atoms with Crippen molar-refractivity contribution >= 4 is 25.6 Å². The Labute approximate surface area is 123 Å². The lowest BCUT2D eigenvalue weighted by Gasteiger charge is -2.17. The fourth-order valence-electron chi connectivity index (χ4n) is 2.52. The Bertz CT molecular complexity index is 614. The van der Waals surface area contributed by atoms with Crippen LogP contribution in [-0.2, 0) is 15.6 Å². The zero-order chi connectivity index (χ0) is 15.1. The lowest BCUT2D eigenvalue weighted by atomic mass is 10.0. The summed E-state index contributed by atoms with van der Waals surface area (Å²) in [6.45, 7) is 8.02. The summed E-state index contributed by atoms with van der Waals surface area (Å²) < 4.78 is 24.4. The average Bonchev–Trinajstić information content (AvgIpc) is 2.92. The number of halogens is 1. The van der Waals surface area contributed by atoms with Crippen LogP contribution in [-0.4, -0.2) is 36.9 Å².